The molecule has 0 atom stereocenters. The molecular formula is C17H21NO3. The van der Waals surface area contributed by atoms with Crippen LogP contribution in [0.1, 0.15) is 59.2 Å². The number of unbranched alkanes of at least 4 members (excludes halogenated alkanes) is 5. The Bertz CT molecular complexity index is 490. The summed E-state index contributed by atoms with van der Waals surface area (Å²) < 4.78 is 0. The van der Waals surface area contributed by atoms with Crippen molar-refractivity contribution in [3.05, 3.63) is 48.0 Å². The Kier molecular flexibility index (Phi) is 5.69. The van der Waals surface area contributed by atoms with Gasteiger partial charge in [0.15, 0.2) is 0 Å². The van der Waals surface area contributed by atoms with Crippen LogP contribution in [0.15, 0.2) is 36.9 Å². The van der Waals surface area contributed by atoms with E-state index >= 15 is 0 Å². The predicted octanol–water partition coefficient (Wildman–Crippen LogP) is 3.74. The molecule has 0 saturated heterocycles. The maximum absolute atomic E-state index is 12.0. The van der Waals surface area contributed by atoms with Crippen LogP contribution in [0.2, 0.25) is 0 Å². The molecule has 4 heteroatoms. The molecule has 0 N–H and O–H groups in total. The van der Waals surface area contributed by atoms with Gasteiger partial charge in [-0.2, -0.15) is 0 Å². The van der Waals surface area contributed by atoms with Crippen LogP contribution >= 0.6 is 0 Å². The van der Waals surface area contributed by atoms with Crippen molar-refractivity contribution in [1.29, 1.82) is 0 Å². The van der Waals surface area contributed by atoms with Gasteiger partial charge in [-0.1, -0.05) is 37.5 Å². The zero-order chi connectivity index (χ0) is 15.1. The molecule has 112 valence electrons. The third kappa shape index (κ3) is 3.79. The van der Waals surface area contributed by atoms with Crippen molar-refractivity contribution in [2.24, 2.45) is 0 Å². The first-order valence-electron chi connectivity index (χ1n) is 7.47. The molecule has 0 bridgehead atoms. The number of rotatable bonds is 9. The Hall–Kier alpha value is -1.94. The van der Waals surface area contributed by atoms with Crippen molar-refractivity contribution in [3.8, 4) is 0 Å². The molecular weight excluding hydrogens is 266 g/mol. The van der Waals surface area contributed by atoms with E-state index in [2.05, 4.69) is 6.58 Å². The third-order valence-corrected chi connectivity index (χ3v) is 3.53. The topological polar surface area (TPSA) is 46.6 Å². The average Bonchev–Trinajstić information content (AvgIpc) is 2.75. The van der Waals surface area contributed by atoms with E-state index in [0.717, 1.165) is 30.7 Å². The largest absolute Gasteiger partial charge is 0.285 e. The fraction of sp³-hybridized carbons (Fsp3) is 0.412. The second kappa shape index (κ2) is 7.74. The molecule has 1 aliphatic rings. The van der Waals surface area contributed by atoms with Gasteiger partial charge in [0.25, 0.3) is 11.8 Å². The summed E-state index contributed by atoms with van der Waals surface area (Å²) in [6.45, 7) is 4.09. The van der Waals surface area contributed by atoms with E-state index < -0.39 is 0 Å². The number of nitrogens with zero attached hydrogens (tertiary/aromatic N) is 1. The monoisotopic (exact) mass is 287 g/mol. The van der Waals surface area contributed by atoms with Gasteiger partial charge in [0.2, 0.25) is 0 Å². The zero-order valence-electron chi connectivity index (χ0n) is 12.2. The second-order valence-corrected chi connectivity index (χ2v) is 5.13. The van der Waals surface area contributed by atoms with E-state index in [-0.39, 0.29) is 11.8 Å². The van der Waals surface area contributed by atoms with Gasteiger partial charge in [0, 0.05) is 0 Å². The summed E-state index contributed by atoms with van der Waals surface area (Å²) in [6, 6.07) is 6.80. The van der Waals surface area contributed by atoms with Gasteiger partial charge < -0.3 is 0 Å². The molecule has 2 rings (SSSR count). The molecule has 0 unspecified atom stereocenters. The van der Waals surface area contributed by atoms with Crippen molar-refractivity contribution in [2.75, 3.05) is 6.61 Å². The number of benzene rings is 1. The highest BCUT2D eigenvalue weighted by molar-refractivity contribution is 6.20. The van der Waals surface area contributed by atoms with E-state index in [4.69, 9.17) is 4.84 Å². The SMILES string of the molecule is C=CCCCCCCCON1C(=O)c2ccccc2C1=O. The third-order valence-electron chi connectivity index (χ3n) is 3.53. The van der Waals surface area contributed by atoms with Crippen LogP contribution < -0.4 is 0 Å². The summed E-state index contributed by atoms with van der Waals surface area (Å²) in [5.74, 6) is -0.719. The molecule has 1 aromatic rings. The standard InChI is InChI=1S/C17H21NO3/c1-2-3-4-5-6-7-10-13-21-18-16(19)14-11-8-9-12-15(14)17(18)20/h2,8-9,11-12H,1,3-7,10,13H2. The Morgan fingerprint density at radius 1 is 0.952 bits per heavy atom. The number of hydrogen-bond donors (Lipinski definition) is 0. The maximum Gasteiger partial charge on any atom is 0.285 e. The smallest absolute Gasteiger partial charge is 0.266 e. The molecule has 0 aromatic heterocycles. The quantitative estimate of drug-likeness (QED) is 0.395. The number of hydroxylamine groups is 2. The number of hydrogen-bond acceptors (Lipinski definition) is 3. The Morgan fingerprint density at radius 3 is 2.14 bits per heavy atom. The van der Waals surface area contributed by atoms with Gasteiger partial charge in [-0.25, -0.2) is 0 Å². The molecule has 4 nitrogen and oxygen atoms in total. The molecule has 0 aliphatic carbocycles. The lowest BCUT2D eigenvalue weighted by atomic mass is 10.1. The average molecular weight is 287 g/mol. The molecule has 0 fully saturated rings. The van der Waals surface area contributed by atoms with Crippen molar-refractivity contribution in [2.45, 2.75) is 38.5 Å². The maximum atomic E-state index is 12.0. The number of carbonyl (C=O) groups is 2. The van der Waals surface area contributed by atoms with E-state index in [1.54, 1.807) is 24.3 Å². The number of imide groups is 1. The highest BCUT2D eigenvalue weighted by Gasteiger charge is 2.36. The highest BCUT2D eigenvalue weighted by Crippen LogP contribution is 2.22. The Balaban J connectivity index is 1.70. The predicted molar refractivity (Wildman–Crippen MR) is 80.8 cm³/mol. The van der Waals surface area contributed by atoms with Crippen LogP contribution in [0.25, 0.3) is 0 Å². The van der Waals surface area contributed by atoms with Gasteiger partial charge in [-0.05, 0) is 31.4 Å². The van der Waals surface area contributed by atoms with E-state index in [1.165, 1.54) is 12.8 Å². The first-order chi connectivity index (χ1) is 10.3. The fourth-order valence-electron chi connectivity index (χ4n) is 2.36. The Morgan fingerprint density at radius 2 is 1.52 bits per heavy atom. The minimum atomic E-state index is -0.360. The highest BCUT2D eigenvalue weighted by atomic mass is 16.7. The number of fused-ring (bicyclic) bond motifs is 1. The van der Waals surface area contributed by atoms with Crippen LogP contribution in [0.5, 0.6) is 0 Å². The summed E-state index contributed by atoms with van der Waals surface area (Å²) in [5, 5.41) is 0.891. The lowest BCUT2D eigenvalue weighted by Gasteiger charge is -2.13. The van der Waals surface area contributed by atoms with Crippen molar-refractivity contribution in [3.63, 3.8) is 0 Å². The van der Waals surface area contributed by atoms with Crippen molar-refractivity contribution >= 4 is 11.8 Å². The van der Waals surface area contributed by atoms with Crippen LogP contribution in [0.4, 0.5) is 0 Å². The molecule has 0 spiro atoms. The minimum absolute atomic E-state index is 0.360. The molecule has 0 radical (unpaired) electrons. The minimum Gasteiger partial charge on any atom is -0.266 e. The van der Waals surface area contributed by atoms with Crippen LogP contribution in [-0.4, -0.2) is 23.5 Å². The molecule has 21 heavy (non-hydrogen) atoms. The van der Waals surface area contributed by atoms with Gasteiger partial charge in [-0.3, -0.25) is 14.4 Å². The first-order valence-corrected chi connectivity index (χ1v) is 7.47. The van der Waals surface area contributed by atoms with Crippen LogP contribution in [0, 0.1) is 0 Å². The van der Waals surface area contributed by atoms with Gasteiger partial charge in [-0.15, -0.1) is 11.6 Å². The van der Waals surface area contributed by atoms with Gasteiger partial charge in [0.05, 0.1) is 17.7 Å². The van der Waals surface area contributed by atoms with E-state index in [9.17, 15) is 9.59 Å². The first kappa shape index (κ1) is 15.4. The summed E-state index contributed by atoms with van der Waals surface area (Å²) in [5.41, 5.74) is 0.846. The Labute approximate surface area is 125 Å². The summed E-state index contributed by atoms with van der Waals surface area (Å²) in [6.07, 6.45) is 8.37. The van der Waals surface area contributed by atoms with Gasteiger partial charge >= 0.3 is 0 Å². The summed E-state index contributed by atoms with van der Waals surface area (Å²) in [7, 11) is 0. The molecule has 1 aliphatic heterocycles. The van der Waals surface area contributed by atoms with Crippen LogP contribution in [0.3, 0.4) is 0 Å². The zero-order valence-corrected chi connectivity index (χ0v) is 12.2. The van der Waals surface area contributed by atoms with E-state index in [1.807, 2.05) is 6.08 Å². The van der Waals surface area contributed by atoms with Crippen molar-refractivity contribution < 1.29 is 14.4 Å². The lowest BCUT2D eigenvalue weighted by Crippen LogP contribution is -2.30. The number of amides is 2. The molecule has 1 aromatic carbocycles. The van der Waals surface area contributed by atoms with Gasteiger partial charge in [0.1, 0.15) is 0 Å². The molecule has 0 saturated carbocycles. The number of carbonyl (C=O) groups excluding carboxylic acids is 2. The second-order valence-electron chi connectivity index (χ2n) is 5.13. The molecule has 1 heterocycles. The summed E-state index contributed by atoms with van der Waals surface area (Å²) >= 11 is 0. The van der Waals surface area contributed by atoms with E-state index in [0.29, 0.717) is 17.7 Å². The normalized spacial score (nSPS) is 13.6. The van der Waals surface area contributed by atoms with Crippen LogP contribution in [-0.2, 0) is 4.84 Å². The lowest BCUT2D eigenvalue weighted by molar-refractivity contribution is -0.0922. The number of allylic oxidation sites excluding steroid dienone is 1. The molecule has 2 amide bonds. The summed E-state index contributed by atoms with van der Waals surface area (Å²) in [4.78, 5) is 29.4. The fourth-order valence-corrected chi connectivity index (χ4v) is 2.36. The van der Waals surface area contributed by atoms with Crippen molar-refractivity contribution in [1.82, 2.24) is 5.06 Å².